The van der Waals surface area contributed by atoms with Gasteiger partial charge in [-0.3, -0.25) is 4.79 Å². The highest BCUT2D eigenvalue weighted by molar-refractivity contribution is 6.30. The zero-order valence-corrected chi connectivity index (χ0v) is 15.5. The Hall–Kier alpha value is -2.57. The molecule has 3 amide bonds. The number of rotatable bonds is 6. The van der Waals surface area contributed by atoms with Gasteiger partial charge in [0.05, 0.1) is 6.04 Å². The van der Waals surface area contributed by atoms with Crippen LogP contribution >= 0.6 is 11.6 Å². The summed E-state index contributed by atoms with van der Waals surface area (Å²) in [6.45, 7) is 3.93. The molecule has 0 saturated carbocycles. The third-order valence-corrected chi connectivity index (χ3v) is 4.32. The van der Waals surface area contributed by atoms with Crippen LogP contribution in [0.1, 0.15) is 20.3 Å². The van der Waals surface area contributed by atoms with Gasteiger partial charge in [-0.2, -0.15) is 0 Å². The van der Waals surface area contributed by atoms with E-state index in [0.29, 0.717) is 22.1 Å². The molecule has 7 heteroatoms. The van der Waals surface area contributed by atoms with E-state index < -0.39 is 6.04 Å². The van der Waals surface area contributed by atoms with Crippen LogP contribution in [0.3, 0.4) is 0 Å². The average Bonchev–Trinajstić information content (AvgIpc) is 2.63. The molecule has 138 valence electrons. The molecule has 0 aromatic heterocycles. The van der Waals surface area contributed by atoms with Crippen LogP contribution in [0.2, 0.25) is 5.02 Å². The molecule has 2 aromatic carbocycles. The highest BCUT2D eigenvalue weighted by Crippen LogP contribution is 2.17. The quantitative estimate of drug-likeness (QED) is 0.607. The Kier molecular flexibility index (Phi) is 7.00. The van der Waals surface area contributed by atoms with Crippen molar-refractivity contribution in [2.45, 2.75) is 26.3 Å². The van der Waals surface area contributed by atoms with Gasteiger partial charge in [0.1, 0.15) is 0 Å². The summed E-state index contributed by atoms with van der Waals surface area (Å²) >= 11 is 5.81. The lowest BCUT2D eigenvalue weighted by atomic mass is 9.99. The predicted octanol–water partition coefficient (Wildman–Crippen LogP) is 4.30. The van der Waals surface area contributed by atoms with Crippen molar-refractivity contribution in [2.75, 3.05) is 16.0 Å². The summed E-state index contributed by atoms with van der Waals surface area (Å²) in [6.07, 6.45) is 0.834. The third kappa shape index (κ3) is 5.75. The highest BCUT2D eigenvalue weighted by Gasteiger charge is 2.19. The van der Waals surface area contributed by atoms with E-state index in [1.165, 1.54) is 0 Å². The minimum absolute atomic E-state index is 0.104. The predicted molar refractivity (Wildman–Crippen MR) is 107 cm³/mol. The Morgan fingerprint density at radius 3 is 1.81 bits per heavy atom. The van der Waals surface area contributed by atoms with E-state index in [4.69, 9.17) is 17.3 Å². The number of nitrogens with two attached hydrogens (primary N) is 1. The summed E-state index contributed by atoms with van der Waals surface area (Å²) < 4.78 is 0. The van der Waals surface area contributed by atoms with E-state index >= 15 is 0 Å². The summed E-state index contributed by atoms with van der Waals surface area (Å²) in [5.41, 5.74) is 7.77. The number of carbonyl (C=O) groups excluding carboxylic acids is 2. The second kappa shape index (κ2) is 9.22. The van der Waals surface area contributed by atoms with E-state index in [0.717, 1.165) is 6.42 Å². The van der Waals surface area contributed by atoms with Crippen molar-refractivity contribution < 1.29 is 9.59 Å². The Bertz CT molecular complexity index is 747. The van der Waals surface area contributed by atoms with Crippen LogP contribution in [0.15, 0.2) is 48.5 Å². The topological polar surface area (TPSA) is 96.2 Å². The minimum atomic E-state index is -0.553. The van der Waals surface area contributed by atoms with E-state index in [-0.39, 0.29) is 17.9 Å². The Morgan fingerprint density at radius 1 is 0.923 bits per heavy atom. The Labute approximate surface area is 158 Å². The summed E-state index contributed by atoms with van der Waals surface area (Å²) in [4.78, 5) is 24.1. The molecular weight excluding hydrogens is 352 g/mol. The van der Waals surface area contributed by atoms with Crippen LogP contribution in [0, 0.1) is 5.92 Å². The maximum atomic E-state index is 12.1. The molecule has 2 atom stereocenters. The number of hydrogen-bond acceptors (Lipinski definition) is 3. The molecule has 0 fully saturated rings. The van der Waals surface area contributed by atoms with Crippen molar-refractivity contribution >= 4 is 40.6 Å². The van der Waals surface area contributed by atoms with Gasteiger partial charge in [-0.05, 0) is 54.4 Å². The number of hydrogen-bond donors (Lipinski definition) is 4. The van der Waals surface area contributed by atoms with Gasteiger partial charge >= 0.3 is 6.03 Å². The fourth-order valence-corrected chi connectivity index (χ4v) is 2.33. The normalized spacial score (nSPS) is 12.8. The number of amides is 3. The van der Waals surface area contributed by atoms with Crippen molar-refractivity contribution in [3.8, 4) is 0 Å². The zero-order valence-electron chi connectivity index (χ0n) is 14.8. The fourth-order valence-electron chi connectivity index (χ4n) is 2.20. The van der Waals surface area contributed by atoms with Gasteiger partial charge in [-0.1, -0.05) is 31.9 Å². The van der Waals surface area contributed by atoms with Crippen molar-refractivity contribution in [3.05, 3.63) is 53.6 Å². The molecule has 0 radical (unpaired) electrons. The van der Waals surface area contributed by atoms with Gasteiger partial charge in [0, 0.05) is 22.1 Å². The van der Waals surface area contributed by atoms with Crippen LogP contribution in [0.5, 0.6) is 0 Å². The molecule has 26 heavy (non-hydrogen) atoms. The molecule has 2 unspecified atom stereocenters. The van der Waals surface area contributed by atoms with Gasteiger partial charge in [0.2, 0.25) is 5.91 Å². The van der Waals surface area contributed by atoms with Crippen LogP contribution < -0.4 is 21.7 Å². The molecule has 0 aliphatic heterocycles. The molecule has 0 aliphatic rings. The lowest BCUT2D eigenvalue weighted by Gasteiger charge is -2.17. The molecule has 0 aliphatic carbocycles. The van der Waals surface area contributed by atoms with E-state index in [2.05, 4.69) is 16.0 Å². The second-order valence-corrected chi connectivity index (χ2v) is 6.50. The Balaban J connectivity index is 1.89. The SMILES string of the molecule is CCC(C)C(N)C(=O)Nc1ccc(NC(=O)Nc2ccc(Cl)cc2)cc1. The first-order valence-electron chi connectivity index (χ1n) is 8.39. The van der Waals surface area contributed by atoms with Crippen molar-refractivity contribution in [2.24, 2.45) is 11.7 Å². The van der Waals surface area contributed by atoms with Gasteiger partial charge in [0.15, 0.2) is 0 Å². The van der Waals surface area contributed by atoms with Crippen LogP contribution in [0.4, 0.5) is 21.9 Å². The molecular formula is C19H23ClN4O2. The molecule has 5 N–H and O–H groups in total. The number of anilines is 3. The number of carbonyl (C=O) groups is 2. The smallest absolute Gasteiger partial charge is 0.323 e. The second-order valence-electron chi connectivity index (χ2n) is 6.06. The van der Waals surface area contributed by atoms with E-state index in [1.54, 1.807) is 48.5 Å². The first-order valence-corrected chi connectivity index (χ1v) is 8.77. The lowest BCUT2D eigenvalue weighted by Crippen LogP contribution is -2.40. The molecule has 0 spiro atoms. The zero-order chi connectivity index (χ0) is 19.1. The maximum Gasteiger partial charge on any atom is 0.323 e. The third-order valence-electron chi connectivity index (χ3n) is 4.07. The van der Waals surface area contributed by atoms with Gasteiger partial charge in [0.25, 0.3) is 0 Å². The highest BCUT2D eigenvalue weighted by atomic mass is 35.5. The van der Waals surface area contributed by atoms with Gasteiger partial charge < -0.3 is 21.7 Å². The monoisotopic (exact) mass is 374 g/mol. The summed E-state index contributed by atoms with van der Waals surface area (Å²) in [6, 6.07) is 12.7. The summed E-state index contributed by atoms with van der Waals surface area (Å²) in [5.74, 6) is -0.118. The van der Waals surface area contributed by atoms with Crippen molar-refractivity contribution in [3.63, 3.8) is 0 Å². The molecule has 6 nitrogen and oxygen atoms in total. The first-order chi connectivity index (χ1) is 12.4. The lowest BCUT2D eigenvalue weighted by molar-refractivity contribution is -0.118. The van der Waals surface area contributed by atoms with Gasteiger partial charge in [-0.15, -0.1) is 0 Å². The van der Waals surface area contributed by atoms with Crippen molar-refractivity contribution in [1.82, 2.24) is 0 Å². The molecule has 0 saturated heterocycles. The van der Waals surface area contributed by atoms with E-state index in [1.807, 2.05) is 13.8 Å². The molecule has 0 bridgehead atoms. The number of benzene rings is 2. The summed E-state index contributed by atoms with van der Waals surface area (Å²) in [5, 5.41) is 8.80. The number of halogens is 1. The summed E-state index contributed by atoms with van der Waals surface area (Å²) in [7, 11) is 0. The van der Waals surface area contributed by atoms with Crippen LogP contribution in [-0.4, -0.2) is 18.0 Å². The standard InChI is InChI=1S/C19H23ClN4O2/c1-3-12(2)17(21)18(25)22-14-8-10-16(11-9-14)24-19(26)23-15-6-4-13(20)5-7-15/h4-12,17H,3,21H2,1-2H3,(H,22,25)(H2,23,24,26). The number of nitrogens with one attached hydrogen (secondary N) is 3. The minimum Gasteiger partial charge on any atom is -0.325 e. The Morgan fingerprint density at radius 2 is 1.35 bits per heavy atom. The van der Waals surface area contributed by atoms with Crippen LogP contribution in [-0.2, 0) is 4.79 Å². The maximum absolute atomic E-state index is 12.1. The molecule has 2 aromatic rings. The average molecular weight is 375 g/mol. The largest absolute Gasteiger partial charge is 0.325 e. The van der Waals surface area contributed by atoms with Crippen molar-refractivity contribution in [1.29, 1.82) is 0 Å². The number of urea groups is 1. The van der Waals surface area contributed by atoms with Crippen LogP contribution in [0.25, 0.3) is 0 Å². The van der Waals surface area contributed by atoms with Gasteiger partial charge in [-0.25, -0.2) is 4.79 Å². The van der Waals surface area contributed by atoms with E-state index in [9.17, 15) is 9.59 Å². The fraction of sp³-hybridized carbons (Fsp3) is 0.263. The first kappa shape index (κ1) is 19.8. The molecule has 2 rings (SSSR count). The molecule has 0 heterocycles.